The van der Waals surface area contributed by atoms with Gasteiger partial charge in [-0.3, -0.25) is 9.78 Å². The number of amides is 1. The number of hydrogen-bond donors (Lipinski definition) is 0. The molecule has 210 valence electrons. The molecule has 3 aliphatic rings. The maximum absolute atomic E-state index is 14.3. The fourth-order valence-electron chi connectivity index (χ4n) is 6.77. The normalized spacial score (nSPS) is 26.5. The number of benzene rings is 1. The van der Waals surface area contributed by atoms with Gasteiger partial charge in [0, 0.05) is 72.6 Å². The van der Waals surface area contributed by atoms with Crippen LogP contribution in [0.25, 0.3) is 11.6 Å². The molecule has 2 atom stereocenters. The summed E-state index contributed by atoms with van der Waals surface area (Å²) in [5, 5.41) is 0.614. The van der Waals surface area contributed by atoms with E-state index in [1.165, 1.54) is 6.26 Å². The van der Waals surface area contributed by atoms with Crippen molar-refractivity contribution >= 4 is 39.2 Å². The van der Waals surface area contributed by atoms with E-state index in [0.29, 0.717) is 36.8 Å². The number of pyridine rings is 1. The van der Waals surface area contributed by atoms with Crippen molar-refractivity contribution < 1.29 is 17.1 Å². The maximum Gasteiger partial charge on any atom is 0.294 e. The maximum atomic E-state index is 14.3. The quantitative estimate of drug-likeness (QED) is 0.417. The highest BCUT2D eigenvalue weighted by molar-refractivity contribution is 7.85. The minimum absolute atomic E-state index is 0.00778. The van der Waals surface area contributed by atoms with Crippen LogP contribution >= 0.6 is 11.6 Å². The molecule has 0 spiro atoms. The summed E-state index contributed by atoms with van der Waals surface area (Å²) >= 11 is 6.50. The summed E-state index contributed by atoms with van der Waals surface area (Å²) in [5.74, 6) is 0.122. The number of quaternary nitrogens is 1. The van der Waals surface area contributed by atoms with Gasteiger partial charge < -0.3 is 9.47 Å². The Morgan fingerprint density at radius 1 is 1.15 bits per heavy atom. The van der Waals surface area contributed by atoms with Gasteiger partial charge in [0.1, 0.15) is 0 Å². The van der Waals surface area contributed by atoms with Gasteiger partial charge in [-0.05, 0) is 54.2 Å². The number of hydrogen-bond acceptors (Lipinski definition) is 5. The number of aromatic nitrogens is 3. The monoisotopic (exact) mass is 580 g/mol. The number of piperidine rings is 1. The van der Waals surface area contributed by atoms with E-state index in [4.69, 9.17) is 16.6 Å². The van der Waals surface area contributed by atoms with Crippen LogP contribution in [0.3, 0.4) is 0 Å². The molecule has 6 rings (SSSR count). The van der Waals surface area contributed by atoms with Crippen LogP contribution in [-0.2, 0) is 21.4 Å². The highest BCUT2D eigenvalue weighted by Crippen LogP contribution is 2.46. The zero-order valence-electron chi connectivity index (χ0n) is 22.9. The first kappa shape index (κ1) is 27.2. The predicted octanol–water partition coefficient (Wildman–Crippen LogP) is 4.42. The van der Waals surface area contributed by atoms with Gasteiger partial charge in [0.2, 0.25) is 0 Å². The van der Waals surface area contributed by atoms with E-state index in [1.807, 2.05) is 53.1 Å². The highest BCUT2D eigenvalue weighted by Gasteiger charge is 2.43. The Hall–Kier alpha value is -3.01. The molecule has 0 saturated carbocycles. The molecule has 1 aromatic carbocycles. The number of sulfonamides is 1. The third-order valence-corrected chi connectivity index (χ3v) is 11.4. The fourth-order valence-corrected chi connectivity index (χ4v) is 7.82. The number of carbonyl (C=O) groups excluding carboxylic acids is 1. The van der Waals surface area contributed by atoms with Crippen LogP contribution in [0.1, 0.15) is 54.0 Å². The van der Waals surface area contributed by atoms with Gasteiger partial charge in [-0.15, -0.1) is 0 Å². The predicted molar refractivity (Wildman–Crippen MR) is 156 cm³/mol. The van der Waals surface area contributed by atoms with Gasteiger partial charge in [-0.1, -0.05) is 23.7 Å². The molecule has 10 heteroatoms. The van der Waals surface area contributed by atoms with Crippen LogP contribution in [0.15, 0.2) is 55.2 Å². The number of likely N-dealkylation sites (tertiary alicyclic amines) is 2. The number of nitrogens with zero attached hydrogens (tertiary/aromatic N) is 5. The Morgan fingerprint density at radius 2 is 1.95 bits per heavy atom. The fraction of sp³-hybridized carbons (Fsp3) is 0.433. The third kappa shape index (κ3) is 4.88. The second kappa shape index (κ2) is 10.4. The Bertz CT molecular complexity index is 1560. The van der Waals surface area contributed by atoms with E-state index in [1.54, 1.807) is 18.7 Å². The van der Waals surface area contributed by atoms with Crippen LogP contribution in [0.4, 0.5) is 0 Å². The lowest BCUT2D eigenvalue weighted by molar-refractivity contribution is -0.792. The molecular weight excluding hydrogens is 546 g/mol. The Kier molecular flexibility index (Phi) is 7.09. The van der Waals surface area contributed by atoms with Crippen molar-refractivity contribution in [2.45, 2.75) is 44.2 Å². The van der Waals surface area contributed by atoms with Crippen molar-refractivity contribution in [2.75, 3.05) is 32.9 Å². The van der Waals surface area contributed by atoms with Gasteiger partial charge in [0.25, 0.3) is 15.9 Å². The average molecular weight is 581 g/mol. The molecule has 4 heterocycles. The molecule has 2 fully saturated rings. The van der Waals surface area contributed by atoms with Crippen molar-refractivity contribution in [1.82, 2.24) is 19.4 Å². The second-order valence-electron chi connectivity index (χ2n) is 11.6. The van der Waals surface area contributed by atoms with Crippen molar-refractivity contribution in [2.24, 2.45) is 5.92 Å². The van der Waals surface area contributed by atoms with E-state index in [9.17, 15) is 13.2 Å². The standard InChI is InChI=1S/C30H35ClN5O3S/c1-36(40(2,38)39)15-9-21(10-16-36)28-25-8-7-23(31)17-22(25)18-27(26-6-3-11-33-29(26)28)30(37)35-13-4-5-24(35)19-34-14-12-32-20-34/h3,6-8,11-12,14,17-18,20-21,24,28H,4-5,9-10,13,15-16,19H2,1-2H3/q+1/t21?,24-,28?,36?/m1/s1. The molecular formula is C30H35ClN5O3S+. The van der Waals surface area contributed by atoms with Crippen LogP contribution < -0.4 is 0 Å². The van der Waals surface area contributed by atoms with E-state index in [0.717, 1.165) is 48.1 Å². The average Bonchev–Trinajstić information content (AvgIpc) is 3.59. The summed E-state index contributed by atoms with van der Waals surface area (Å²) < 4.78 is 27.2. The molecule has 40 heavy (non-hydrogen) atoms. The van der Waals surface area contributed by atoms with Crippen molar-refractivity contribution in [1.29, 1.82) is 0 Å². The third-order valence-electron chi connectivity index (χ3n) is 9.17. The highest BCUT2D eigenvalue weighted by atomic mass is 35.5. The summed E-state index contributed by atoms with van der Waals surface area (Å²) in [6.45, 7) is 2.52. The summed E-state index contributed by atoms with van der Waals surface area (Å²) in [5.41, 5.74) is 4.39. The molecule has 1 amide bonds. The first-order chi connectivity index (χ1) is 19.1. The number of rotatable bonds is 5. The summed E-state index contributed by atoms with van der Waals surface area (Å²) in [7, 11) is -1.42. The lowest BCUT2D eigenvalue weighted by Crippen LogP contribution is -2.53. The Morgan fingerprint density at radius 3 is 2.67 bits per heavy atom. The SMILES string of the molecule is C[N+]1(S(C)(=O)=O)CCC(C2c3ccc(Cl)cc3C=C(C(=O)N3CCC[C@@H]3Cn3ccnc3)c3cccnc32)CC1. The zero-order chi connectivity index (χ0) is 28.1. The first-order valence-electron chi connectivity index (χ1n) is 13.9. The minimum Gasteiger partial charge on any atom is -0.335 e. The largest absolute Gasteiger partial charge is 0.335 e. The van der Waals surface area contributed by atoms with E-state index < -0.39 is 10.0 Å². The lowest BCUT2D eigenvalue weighted by Gasteiger charge is -2.40. The molecule has 0 bridgehead atoms. The minimum atomic E-state index is -3.23. The van der Waals surface area contributed by atoms with Crippen LogP contribution in [0.5, 0.6) is 0 Å². The molecule has 3 aromatic rings. The molecule has 2 aromatic heterocycles. The molecule has 0 radical (unpaired) electrons. The lowest BCUT2D eigenvalue weighted by atomic mass is 9.76. The van der Waals surface area contributed by atoms with Gasteiger partial charge in [0.15, 0.2) is 0 Å². The summed E-state index contributed by atoms with van der Waals surface area (Å²) in [6, 6.07) is 9.89. The van der Waals surface area contributed by atoms with Crippen molar-refractivity contribution in [3.05, 3.63) is 82.7 Å². The molecule has 1 aliphatic carbocycles. The Labute approximate surface area is 240 Å². The smallest absolute Gasteiger partial charge is 0.294 e. The number of carbonyl (C=O) groups is 1. The number of imidazole rings is 1. The van der Waals surface area contributed by atoms with Crippen LogP contribution in [-0.4, -0.2) is 76.6 Å². The number of fused-ring (bicyclic) bond motifs is 2. The molecule has 0 N–H and O–H groups in total. The van der Waals surface area contributed by atoms with E-state index >= 15 is 0 Å². The second-order valence-corrected chi connectivity index (χ2v) is 14.4. The summed E-state index contributed by atoms with van der Waals surface area (Å²) in [4.78, 5) is 25.4. The van der Waals surface area contributed by atoms with Gasteiger partial charge >= 0.3 is 0 Å². The zero-order valence-corrected chi connectivity index (χ0v) is 24.5. The van der Waals surface area contributed by atoms with Gasteiger partial charge in [0.05, 0.1) is 38.4 Å². The number of halogens is 1. The van der Waals surface area contributed by atoms with E-state index in [-0.39, 0.29) is 27.7 Å². The van der Waals surface area contributed by atoms with E-state index in [2.05, 4.69) is 11.1 Å². The molecule has 2 aliphatic heterocycles. The van der Waals surface area contributed by atoms with Crippen molar-refractivity contribution in [3.63, 3.8) is 0 Å². The first-order valence-corrected chi connectivity index (χ1v) is 16.1. The van der Waals surface area contributed by atoms with Gasteiger partial charge in [-0.2, -0.15) is 8.42 Å². The summed E-state index contributed by atoms with van der Waals surface area (Å²) in [6.07, 6.45) is 14.0. The molecule has 1 unspecified atom stereocenters. The molecule has 8 nitrogen and oxygen atoms in total. The van der Waals surface area contributed by atoms with Crippen molar-refractivity contribution in [3.8, 4) is 0 Å². The molecule has 2 saturated heterocycles. The van der Waals surface area contributed by atoms with Gasteiger partial charge in [-0.25, -0.2) is 8.87 Å². The Balaban J connectivity index is 1.40. The van der Waals surface area contributed by atoms with Crippen LogP contribution in [0.2, 0.25) is 5.02 Å². The van der Waals surface area contributed by atoms with Crippen LogP contribution in [0, 0.1) is 5.92 Å². The topological polar surface area (TPSA) is 85.2 Å².